The first kappa shape index (κ1) is 20.6. The molecule has 2 aromatic rings. The molecule has 160 valence electrons. The van der Waals surface area contributed by atoms with Crippen LogP contribution in [0.5, 0.6) is 5.88 Å². The van der Waals surface area contributed by atoms with Crippen molar-refractivity contribution in [3.8, 4) is 5.88 Å². The second kappa shape index (κ2) is 9.43. The van der Waals surface area contributed by atoms with E-state index in [1.54, 1.807) is 26.4 Å². The Bertz CT molecular complexity index is 862. The highest BCUT2D eigenvalue weighted by molar-refractivity contribution is 5.92. The summed E-state index contributed by atoms with van der Waals surface area (Å²) >= 11 is 0. The number of likely N-dealkylation sites (tertiary alicyclic amines) is 1. The van der Waals surface area contributed by atoms with Gasteiger partial charge in [-0.1, -0.05) is 6.07 Å². The maximum Gasteiger partial charge on any atom is 0.271 e. The number of anilines is 1. The molecule has 4 heterocycles. The molecule has 0 saturated carbocycles. The number of hydrogen-bond acceptors (Lipinski definition) is 6. The molecule has 1 saturated heterocycles. The molecule has 0 unspecified atom stereocenters. The Morgan fingerprint density at radius 1 is 1.13 bits per heavy atom. The van der Waals surface area contributed by atoms with Crippen molar-refractivity contribution in [1.82, 2.24) is 19.8 Å². The molecule has 4 rings (SSSR count). The first-order chi connectivity index (χ1) is 14.6. The van der Waals surface area contributed by atoms with E-state index >= 15 is 0 Å². The summed E-state index contributed by atoms with van der Waals surface area (Å²) < 4.78 is 5.90. The van der Waals surface area contributed by atoms with Crippen LogP contribution in [0, 0.1) is 0 Å². The molecule has 2 aromatic heterocycles. The lowest BCUT2D eigenvalue weighted by Gasteiger charge is -2.30. The number of rotatable bonds is 7. The summed E-state index contributed by atoms with van der Waals surface area (Å²) in [6, 6.07) is 7.88. The van der Waals surface area contributed by atoms with E-state index in [9.17, 15) is 4.79 Å². The van der Waals surface area contributed by atoms with Crippen LogP contribution in [-0.4, -0.2) is 72.6 Å². The van der Waals surface area contributed by atoms with Crippen LogP contribution in [-0.2, 0) is 13.0 Å². The van der Waals surface area contributed by atoms with E-state index < -0.39 is 0 Å². The Labute approximate surface area is 178 Å². The number of hydrogen-bond donors (Lipinski definition) is 0. The van der Waals surface area contributed by atoms with Crippen molar-refractivity contribution < 1.29 is 9.53 Å². The standard InChI is InChI=1S/C23H31N5O2/c1-26(2)23(29)21-8-7-19(16-24-21)28-14-10-20-18(17-28)6-9-22(25-20)30-15-5-13-27-11-3-4-12-27/h6-9,16H,3-5,10-15,17H2,1-2H3. The van der Waals surface area contributed by atoms with Gasteiger partial charge >= 0.3 is 0 Å². The minimum absolute atomic E-state index is 0.0808. The van der Waals surface area contributed by atoms with E-state index in [2.05, 4.69) is 20.9 Å². The maximum atomic E-state index is 12.0. The summed E-state index contributed by atoms with van der Waals surface area (Å²) in [6.45, 7) is 5.97. The van der Waals surface area contributed by atoms with E-state index in [4.69, 9.17) is 9.72 Å². The summed E-state index contributed by atoms with van der Waals surface area (Å²) in [6.07, 6.45) is 6.37. The van der Waals surface area contributed by atoms with Gasteiger partial charge in [0.1, 0.15) is 5.69 Å². The van der Waals surface area contributed by atoms with Crippen LogP contribution in [0.15, 0.2) is 30.5 Å². The molecule has 0 aliphatic carbocycles. The van der Waals surface area contributed by atoms with Crippen LogP contribution in [0.25, 0.3) is 0 Å². The number of pyridine rings is 2. The van der Waals surface area contributed by atoms with Crippen molar-refractivity contribution in [1.29, 1.82) is 0 Å². The number of carbonyl (C=O) groups is 1. The van der Waals surface area contributed by atoms with Crippen LogP contribution in [0.3, 0.4) is 0 Å². The second-order valence-corrected chi connectivity index (χ2v) is 8.28. The third kappa shape index (κ3) is 4.90. The Morgan fingerprint density at radius 2 is 1.97 bits per heavy atom. The normalized spacial score (nSPS) is 16.4. The van der Waals surface area contributed by atoms with Gasteiger partial charge in [0.05, 0.1) is 24.2 Å². The molecule has 1 fully saturated rings. The van der Waals surface area contributed by atoms with Crippen molar-refractivity contribution in [3.63, 3.8) is 0 Å². The summed E-state index contributed by atoms with van der Waals surface area (Å²) in [5.74, 6) is 0.652. The third-order valence-corrected chi connectivity index (χ3v) is 5.83. The van der Waals surface area contributed by atoms with Crippen LogP contribution in [0.2, 0.25) is 0 Å². The minimum atomic E-state index is -0.0808. The molecule has 0 atom stereocenters. The average Bonchev–Trinajstić information content (AvgIpc) is 3.29. The quantitative estimate of drug-likeness (QED) is 0.655. The lowest BCUT2D eigenvalue weighted by molar-refractivity contribution is 0.0822. The smallest absolute Gasteiger partial charge is 0.271 e. The molecule has 2 aliphatic rings. The van der Waals surface area contributed by atoms with Gasteiger partial charge in [0.15, 0.2) is 0 Å². The van der Waals surface area contributed by atoms with Crippen LogP contribution < -0.4 is 9.64 Å². The fraction of sp³-hybridized carbons (Fsp3) is 0.522. The zero-order valence-corrected chi connectivity index (χ0v) is 18.0. The number of aromatic nitrogens is 2. The number of nitrogens with zero attached hydrogens (tertiary/aromatic N) is 5. The van der Waals surface area contributed by atoms with Gasteiger partial charge in [0, 0.05) is 46.2 Å². The van der Waals surface area contributed by atoms with Gasteiger partial charge in [-0.2, -0.15) is 0 Å². The number of carbonyl (C=O) groups excluding carboxylic acids is 1. The fourth-order valence-electron chi connectivity index (χ4n) is 4.10. The molecule has 30 heavy (non-hydrogen) atoms. The Hall–Kier alpha value is -2.67. The number of amides is 1. The minimum Gasteiger partial charge on any atom is -0.478 e. The molecule has 2 aliphatic heterocycles. The Morgan fingerprint density at radius 3 is 2.70 bits per heavy atom. The van der Waals surface area contributed by atoms with Gasteiger partial charge in [0.25, 0.3) is 5.91 Å². The lowest BCUT2D eigenvalue weighted by atomic mass is 10.1. The topological polar surface area (TPSA) is 61.8 Å². The van der Waals surface area contributed by atoms with E-state index in [1.807, 2.05) is 12.1 Å². The summed E-state index contributed by atoms with van der Waals surface area (Å²) in [4.78, 5) is 27.4. The van der Waals surface area contributed by atoms with Crippen molar-refractivity contribution in [2.45, 2.75) is 32.2 Å². The predicted molar refractivity (Wildman–Crippen MR) is 117 cm³/mol. The average molecular weight is 410 g/mol. The summed E-state index contributed by atoms with van der Waals surface area (Å²) in [7, 11) is 3.47. The van der Waals surface area contributed by atoms with Crippen molar-refractivity contribution in [2.24, 2.45) is 0 Å². The molecular weight excluding hydrogens is 378 g/mol. The predicted octanol–water partition coefficient (Wildman–Crippen LogP) is 2.61. The maximum absolute atomic E-state index is 12.0. The first-order valence-corrected chi connectivity index (χ1v) is 10.9. The fourth-order valence-corrected chi connectivity index (χ4v) is 4.10. The number of fused-ring (bicyclic) bond motifs is 1. The highest BCUT2D eigenvalue weighted by atomic mass is 16.5. The highest BCUT2D eigenvalue weighted by Crippen LogP contribution is 2.25. The summed E-state index contributed by atoms with van der Waals surface area (Å²) in [5, 5.41) is 0. The van der Waals surface area contributed by atoms with E-state index in [1.165, 1.54) is 36.4 Å². The van der Waals surface area contributed by atoms with Crippen molar-refractivity contribution in [2.75, 3.05) is 51.8 Å². The molecule has 0 bridgehead atoms. The highest BCUT2D eigenvalue weighted by Gasteiger charge is 2.19. The Balaban J connectivity index is 1.31. The number of ether oxygens (including phenoxy) is 1. The summed E-state index contributed by atoms with van der Waals surface area (Å²) in [5.41, 5.74) is 3.84. The van der Waals surface area contributed by atoms with Crippen LogP contribution in [0.1, 0.15) is 41.0 Å². The zero-order chi connectivity index (χ0) is 20.9. The lowest BCUT2D eigenvalue weighted by Crippen LogP contribution is -2.31. The van der Waals surface area contributed by atoms with Crippen molar-refractivity contribution in [3.05, 3.63) is 47.4 Å². The van der Waals surface area contributed by atoms with E-state index in [0.29, 0.717) is 5.69 Å². The van der Waals surface area contributed by atoms with Crippen LogP contribution >= 0.6 is 0 Å². The third-order valence-electron chi connectivity index (χ3n) is 5.83. The SMILES string of the molecule is CN(C)C(=O)c1ccc(N2CCc3nc(OCCCN4CCCC4)ccc3C2)cn1. The van der Waals surface area contributed by atoms with E-state index in [0.717, 1.165) is 56.3 Å². The monoisotopic (exact) mass is 409 g/mol. The molecule has 0 spiro atoms. The van der Waals surface area contributed by atoms with Gasteiger partial charge in [-0.05, 0) is 50.0 Å². The molecule has 1 amide bonds. The molecule has 0 aromatic carbocycles. The van der Waals surface area contributed by atoms with Gasteiger partial charge in [0.2, 0.25) is 5.88 Å². The largest absolute Gasteiger partial charge is 0.478 e. The van der Waals surface area contributed by atoms with Crippen molar-refractivity contribution >= 4 is 11.6 Å². The van der Waals surface area contributed by atoms with Gasteiger partial charge in [-0.15, -0.1) is 0 Å². The first-order valence-electron chi connectivity index (χ1n) is 10.9. The second-order valence-electron chi connectivity index (χ2n) is 8.28. The zero-order valence-electron chi connectivity index (χ0n) is 18.0. The van der Waals surface area contributed by atoms with Gasteiger partial charge in [-0.25, -0.2) is 9.97 Å². The molecule has 0 radical (unpaired) electrons. The van der Waals surface area contributed by atoms with Crippen LogP contribution in [0.4, 0.5) is 5.69 Å². The van der Waals surface area contributed by atoms with Gasteiger partial charge in [-0.3, -0.25) is 4.79 Å². The molecule has 7 nitrogen and oxygen atoms in total. The Kier molecular flexibility index (Phi) is 6.47. The van der Waals surface area contributed by atoms with Gasteiger partial charge < -0.3 is 19.4 Å². The molecular formula is C23H31N5O2. The molecule has 7 heteroatoms. The van der Waals surface area contributed by atoms with E-state index in [-0.39, 0.29) is 5.91 Å². The molecule has 0 N–H and O–H groups in total.